The smallest absolute Gasteiger partial charge is 0.407 e. The van der Waals surface area contributed by atoms with Crippen LogP contribution in [-0.4, -0.2) is 29.8 Å². The van der Waals surface area contributed by atoms with Crippen molar-refractivity contribution in [2.45, 2.75) is 31.7 Å². The third-order valence-corrected chi connectivity index (χ3v) is 4.79. The van der Waals surface area contributed by atoms with Gasteiger partial charge in [-0.25, -0.2) is 9.59 Å². The number of ether oxygens (including phenoxy) is 1. The molecule has 1 aliphatic rings. The molecule has 1 aliphatic carbocycles. The lowest BCUT2D eigenvalue weighted by Crippen LogP contribution is -2.41. The van der Waals surface area contributed by atoms with Crippen molar-refractivity contribution in [2.75, 3.05) is 6.61 Å². The van der Waals surface area contributed by atoms with E-state index in [1.807, 2.05) is 43.3 Å². The molecular formula is C22H23NO4. The van der Waals surface area contributed by atoms with Gasteiger partial charge in [-0.05, 0) is 42.0 Å². The first-order chi connectivity index (χ1) is 13.0. The largest absolute Gasteiger partial charge is 0.480 e. The minimum absolute atomic E-state index is 0.0538. The van der Waals surface area contributed by atoms with Gasteiger partial charge in [0.2, 0.25) is 0 Å². The van der Waals surface area contributed by atoms with Gasteiger partial charge in [0.15, 0.2) is 0 Å². The van der Waals surface area contributed by atoms with Crippen LogP contribution in [0.25, 0.3) is 11.1 Å². The second kappa shape index (κ2) is 8.08. The molecule has 2 aromatic rings. The van der Waals surface area contributed by atoms with Crippen molar-refractivity contribution in [2.24, 2.45) is 0 Å². The Bertz CT molecular complexity index is 829. The highest BCUT2D eigenvalue weighted by molar-refractivity contribution is 5.81. The zero-order chi connectivity index (χ0) is 19.4. The maximum Gasteiger partial charge on any atom is 0.407 e. The number of allylic oxidation sites excluding steroid dienone is 1. The molecule has 0 saturated carbocycles. The Hall–Kier alpha value is -3.08. The van der Waals surface area contributed by atoms with Crippen LogP contribution in [0, 0.1) is 0 Å². The molecule has 0 unspecified atom stereocenters. The molecule has 0 fully saturated rings. The molecule has 27 heavy (non-hydrogen) atoms. The number of rotatable bonds is 7. The number of carboxylic acid groups (broad SMARTS) is 1. The van der Waals surface area contributed by atoms with Gasteiger partial charge in [-0.15, -0.1) is 6.58 Å². The number of carboxylic acids is 1. The molecule has 5 heteroatoms. The van der Waals surface area contributed by atoms with Crippen LogP contribution in [0.1, 0.15) is 36.8 Å². The number of hydrogen-bond acceptors (Lipinski definition) is 3. The summed E-state index contributed by atoms with van der Waals surface area (Å²) in [5.74, 6) is -1.13. The number of aliphatic carboxylic acids is 1. The summed E-state index contributed by atoms with van der Waals surface area (Å²) in [4.78, 5) is 23.5. The molecule has 0 radical (unpaired) electrons. The minimum atomic E-state index is -1.08. The van der Waals surface area contributed by atoms with Crippen molar-refractivity contribution in [1.82, 2.24) is 5.32 Å². The van der Waals surface area contributed by atoms with E-state index in [2.05, 4.69) is 24.0 Å². The van der Waals surface area contributed by atoms with Gasteiger partial charge in [-0.2, -0.15) is 0 Å². The lowest BCUT2D eigenvalue weighted by molar-refractivity contribution is -0.139. The second-order valence-electron chi connectivity index (χ2n) is 6.86. The Morgan fingerprint density at radius 1 is 1.11 bits per heavy atom. The van der Waals surface area contributed by atoms with Crippen molar-refractivity contribution in [1.29, 1.82) is 0 Å². The summed E-state index contributed by atoms with van der Waals surface area (Å²) in [5.41, 5.74) is 5.39. The molecule has 0 bridgehead atoms. The fraction of sp³-hybridized carbons (Fsp3) is 0.273. The van der Waals surface area contributed by atoms with E-state index in [9.17, 15) is 14.7 Å². The summed E-state index contributed by atoms with van der Waals surface area (Å²) in [7, 11) is 0. The van der Waals surface area contributed by atoms with Crippen molar-refractivity contribution < 1.29 is 19.4 Å². The van der Waals surface area contributed by atoms with Crippen LogP contribution in [0.5, 0.6) is 0 Å². The van der Waals surface area contributed by atoms with Gasteiger partial charge >= 0.3 is 12.1 Å². The van der Waals surface area contributed by atoms with Crippen molar-refractivity contribution in [3.63, 3.8) is 0 Å². The Labute approximate surface area is 158 Å². The number of alkyl carbamates (subject to hydrolysis) is 1. The zero-order valence-corrected chi connectivity index (χ0v) is 15.3. The number of fused-ring (bicyclic) bond motifs is 3. The Morgan fingerprint density at radius 2 is 1.67 bits per heavy atom. The van der Waals surface area contributed by atoms with Gasteiger partial charge < -0.3 is 15.2 Å². The molecule has 140 valence electrons. The highest BCUT2D eigenvalue weighted by Crippen LogP contribution is 2.44. The zero-order valence-electron chi connectivity index (χ0n) is 15.3. The maximum atomic E-state index is 12.2. The molecule has 3 rings (SSSR count). The second-order valence-corrected chi connectivity index (χ2v) is 6.86. The first-order valence-corrected chi connectivity index (χ1v) is 8.96. The molecule has 5 nitrogen and oxygen atoms in total. The molecule has 0 aromatic heterocycles. The lowest BCUT2D eigenvalue weighted by atomic mass is 9.98. The van der Waals surface area contributed by atoms with Crippen molar-refractivity contribution >= 4 is 12.1 Å². The maximum absolute atomic E-state index is 12.2. The predicted molar refractivity (Wildman–Crippen MR) is 104 cm³/mol. The number of carbonyl (C=O) groups excluding carboxylic acids is 1. The third-order valence-electron chi connectivity index (χ3n) is 4.79. The van der Waals surface area contributed by atoms with Gasteiger partial charge in [0.25, 0.3) is 0 Å². The first-order valence-electron chi connectivity index (χ1n) is 8.96. The summed E-state index contributed by atoms with van der Waals surface area (Å²) in [5, 5.41) is 11.7. The SMILES string of the molecule is C=C(C)CC[C@@H](NC(=O)OCC1c2ccccc2-c2ccccc21)C(=O)O. The van der Waals surface area contributed by atoms with E-state index in [-0.39, 0.29) is 18.9 Å². The van der Waals surface area contributed by atoms with Gasteiger partial charge in [-0.1, -0.05) is 54.1 Å². The monoisotopic (exact) mass is 365 g/mol. The Morgan fingerprint density at radius 3 is 2.19 bits per heavy atom. The Balaban J connectivity index is 1.67. The fourth-order valence-electron chi connectivity index (χ4n) is 3.43. The molecule has 1 atom stereocenters. The van der Waals surface area contributed by atoms with Crippen LogP contribution in [0.2, 0.25) is 0 Å². The van der Waals surface area contributed by atoms with Crippen LogP contribution in [0.4, 0.5) is 4.79 Å². The molecule has 2 N–H and O–H groups in total. The standard InChI is InChI=1S/C22H23NO4/c1-14(2)11-12-20(21(24)25)23-22(26)27-13-19-17-9-5-3-7-15(17)16-8-4-6-10-18(16)19/h3-10,19-20H,1,11-13H2,2H3,(H,23,26)(H,24,25)/t20-/m1/s1. The number of carbonyl (C=O) groups is 2. The number of nitrogens with one attached hydrogen (secondary N) is 1. The van der Waals surface area contributed by atoms with Crippen molar-refractivity contribution in [3.05, 3.63) is 71.8 Å². The van der Waals surface area contributed by atoms with Crippen LogP contribution >= 0.6 is 0 Å². The molecule has 0 aliphatic heterocycles. The van der Waals surface area contributed by atoms with Gasteiger partial charge in [0, 0.05) is 5.92 Å². The van der Waals surface area contributed by atoms with E-state index < -0.39 is 18.1 Å². The molecule has 0 saturated heterocycles. The number of amides is 1. The Kier molecular flexibility index (Phi) is 5.60. The van der Waals surface area contributed by atoms with E-state index in [0.29, 0.717) is 6.42 Å². The van der Waals surface area contributed by atoms with E-state index in [4.69, 9.17) is 4.74 Å². The normalized spacial score (nSPS) is 13.4. The number of benzene rings is 2. The van der Waals surface area contributed by atoms with Gasteiger partial charge in [-0.3, -0.25) is 0 Å². The highest BCUT2D eigenvalue weighted by Gasteiger charge is 2.29. The third kappa shape index (κ3) is 4.19. The number of hydrogen-bond donors (Lipinski definition) is 2. The summed E-state index contributed by atoms with van der Waals surface area (Å²) in [6.07, 6.45) is 0.0983. The van der Waals surface area contributed by atoms with E-state index in [1.54, 1.807) is 0 Å². The highest BCUT2D eigenvalue weighted by atomic mass is 16.5. The van der Waals surface area contributed by atoms with Gasteiger partial charge in [0.1, 0.15) is 12.6 Å². The van der Waals surface area contributed by atoms with E-state index in [0.717, 1.165) is 27.8 Å². The average Bonchev–Trinajstić information content (AvgIpc) is 2.97. The fourth-order valence-corrected chi connectivity index (χ4v) is 3.43. The van der Waals surface area contributed by atoms with Crippen LogP contribution < -0.4 is 5.32 Å². The molecule has 2 aromatic carbocycles. The quantitative estimate of drug-likeness (QED) is 0.716. The summed E-state index contributed by atoms with van der Waals surface area (Å²) in [6, 6.07) is 15.1. The predicted octanol–water partition coefficient (Wildman–Crippen LogP) is 4.33. The van der Waals surface area contributed by atoms with Crippen LogP contribution in [0.15, 0.2) is 60.7 Å². The van der Waals surface area contributed by atoms with Crippen molar-refractivity contribution in [3.8, 4) is 11.1 Å². The topological polar surface area (TPSA) is 75.6 Å². The molecule has 0 spiro atoms. The van der Waals surface area contributed by atoms with Gasteiger partial charge in [0.05, 0.1) is 0 Å². The summed E-state index contributed by atoms with van der Waals surface area (Å²) >= 11 is 0. The minimum Gasteiger partial charge on any atom is -0.480 e. The summed E-state index contributed by atoms with van der Waals surface area (Å²) in [6.45, 7) is 5.75. The average molecular weight is 365 g/mol. The molecule has 1 amide bonds. The van der Waals surface area contributed by atoms with Crippen LogP contribution in [0.3, 0.4) is 0 Å². The molecular weight excluding hydrogens is 342 g/mol. The van der Waals surface area contributed by atoms with E-state index >= 15 is 0 Å². The first kappa shape index (κ1) is 18.7. The van der Waals surface area contributed by atoms with Crippen LogP contribution in [-0.2, 0) is 9.53 Å². The van der Waals surface area contributed by atoms with E-state index in [1.165, 1.54) is 0 Å². The summed E-state index contributed by atoms with van der Waals surface area (Å²) < 4.78 is 5.39. The lowest BCUT2D eigenvalue weighted by Gasteiger charge is -2.17. The molecule has 0 heterocycles.